The number of benzene rings is 1. The maximum Gasteiger partial charge on any atom is 0.267 e. The van der Waals surface area contributed by atoms with Gasteiger partial charge in [-0.15, -0.1) is 5.10 Å². The molecule has 2 aromatic rings. The molecule has 0 radical (unpaired) electrons. The first-order valence-electron chi connectivity index (χ1n) is 6.04. The van der Waals surface area contributed by atoms with Crippen molar-refractivity contribution in [2.75, 3.05) is 12.3 Å². The number of rotatable bonds is 4. The second-order valence-corrected chi connectivity index (χ2v) is 5.00. The van der Waals surface area contributed by atoms with E-state index in [0.717, 1.165) is 22.8 Å². The van der Waals surface area contributed by atoms with Gasteiger partial charge in [0.15, 0.2) is 0 Å². The molecule has 0 atom stereocenters. The van der Waals surface area contributed by atoms with Crippen molar-refractivity contribution in [2.24, 2.45) is 0 Å². The van der Waals surface area contributed by atoms with Crippen LogP contribution in [0, 0.1) is 6.92 Å². The van der Waals surface area contributed by atoms with Gasteiger partial charge in [0.1, 0.15) is 4.88 Å². The van der Waals surface area contributed by atoms with Crippen LogP contribution in [0.4, 0.5) is 5.69 Å². The first kappa shape index (κ1) is 13.5. The Morgan fingerprint density at radius 2 is 2.05 bits per heavy atom. The molecular weight excluding hydrogens is 260 g/mol. The Morgan fingerprint density at radius 3 is 2.58 bits per heavy atom. The summed E-state index contributed by atoms with van der Waals surface area (Å²) in [7, 11) is 0. The fourth-order valence-electron chi connectivity index (χ4n) is 1.74. The van der Waals surface area contributed by atoms with Crippen molar-refractivity contribution in [3.05, 3.63) is 40.4 Å². The summed E-state index contributed by atoms with van der Waals surface area (Å²) in [5.74, 6) is -0.0215. The van der Waals surface area contributed by atoms with Crippen LogP contribution in [-0.2, 0) is 6.54 Å². The summed E-state index contributed by atoms with van der Waals surface area (Å²) < 4.78 is 3.81. The van der Waals surface area contributed by atoms with Crippen molar-refractivity contribution in [1.29, 1.82) is 0 Å². The smallest absolute Gasteiger partial charge is 0.267 e. The zero-order valence-electron chi connectivity index (χ0n) is 11.0. The van der Waals surface area contributed by atoms with Crippen molar-refractivity contribution in [3.8, 4) is 0 Å². The molecule has 6 heteroatoms. The zero-order valence-corrected chi connectivity index (χ0v) is 11.8. The number of hydrogen-bond acceptors (Lipinski definition) is 5. The lowest BCUT2D eigenvalue weighted by molar-refractivity contribution is 0.0756. The number of carbonyl (C=O) groups excluding carboxylic acids is 1. The SMILES string of the molecule is CCN(Cc1ccc(N)cc1)C(=O)c1snnc1C. The third-order valence-corrected chi connectivity index (χ3v) is 3.68. The quantitative estimate of drug-likeness (QED) is 0.868. The van der Waals surface area contributed by atoms with E-state index in [-0.39, 0.29) is 5.91 Å². The summed E-state index contributed by atoms with van der Waals surface area (Å²) in [4.78, 5) is 14.7. The Bertz CT molecular complexity index is 564. The van der Waals surface area contributed by atoms with E-state index in [2.05, 4.69) is 9.59 Å². The van der Waals surface area contributed by atoms with Gasteiger partial charge in [0.25, 0.3) is 5.91 Å². The molecule has 1 amide bonds. The first-order chi connectivity index (χ1) is 9.11. The molecule has 2 rings (SSSR count). The van der Waals surface area contributed by atoms with Gasteiger partial charge in [0, 0.05) is 18.8 Å². The highest BCUT2D eigenvalue weighted by atomic mass is 32.1. The normalized spacial score (nSPS) is 10.4. The van der Waals surface area contributed by atoms with E-state index >= 15 is 0 Å². The van der Waals surface area contributed by atoms with Gasteiger partial charge in [-0.1, -0.05) is 16.6 Å². The van der Waals surface area contributed by atoms with Crippen LogP contribution in [0.1, 0.15) is 27.9 Å². The molecule has 0 aliphatic rings. The highest BCUT2D eigenvalue weighted by molar-refractivity contribution is 7.07. The molecule has 0 aliphatic heterocycles. The summed E-state index contributed by atoms with van der Waals surface area (Å²) in [6.07, 6.45) is 0. The van der Waals surface area contributed by atoms with Crippen LogP contribution >= 0.6 is 11.5 Å². The number of hydrogen-bond donors (Lipinski definition) is 1. The molecule has 0 spiro atoms. The highest BCUT2D eigenvalue weighted by Gasteiger charge is 2.19. The molecule has 0 saturated carbocycles. The van der Waals surface area contributed by atoms with Crippen LogP contribution in [0.2, 0.25) is 0 Å². The summed E-state index contributed by atoms with van der Waals surface area (Å²) in [6, 6.07) is 7.55. The van der Waals surface area contributed by atoms with Crippen LogP contribution in [0.25, 0.3) is 0 Å². The minimum Gasteiger partial charge on any atom is -0.399 e. The summed E-state index contributed by atoms with van der Waals surface area (Å²) in [5.41, 5.74) is 8.12. The lowest BCUT2D eigenvalue weighted by Crippen LogP contribution is -2.30. The standard InChI is InChI=1S/C13H16N4OS/c1-3-17(8-10-4-6-11(14)7-5-10)13(18)12-9(2)15-16-19-12/h4-7H,3,8,14H2,1-2H3. The van der Waals surface area contributed by atoms with Crippen LogP contribution < -0.4 is 5.73 Å². The fourth-order valence-corrected chi connectivity index (χ4v) is 2.37. The lowest BCUT2D eigenvalue weighted by Gasteiger charge is -2.20. The highest BCUT2D eigenvalue weighted by Crippen LogP contribution is 2.15. The Hall–Kier alpha value is -1.95. The molecule has 1 aromatic carbocycles. The third-order valence-electron chi connectivity index (χ3n) is 2.87. The van der Waals surface area contributed by atoms with Crippen molar-refractivity contribution in [1.82, 2.24) is 14.5 Å². The molecule has 2 N–H and O–H groups in total. The predicted octanol–water partition coefficient (Wildman–Crippen LogP) is 2.09. The van der Waals surface area contributed by atoms with Crippen molar-refractivity contribution >= 4 is 23.1 Å². The molecule has 5 nitrogen and oxygen atoms in total. The summed E-state index contributed by atoms with van der Waals surface area (Å²) in [5, 5.41) is 3.88. The van der Waals surface area contributed by atoms with Gasteiger partial charge < -0.3 is 10.6 Å². The zero-order chi connectivity index (χ0) is 13.8. The van der Waals surface area contributed by atoms with Crippen LogP contribution in [0.3, 0.4) is 0 Å². The Morgan fingerprint density at radius 1 is 1.37 bits per heavy atom. The molecule has 0 bridgehead atoms. The molecule has 19 heavy (non-hydrogen) atoms. The van der Waals surface area contributed by atoms with E-state index in [4.69, 9.17) is 5.73 Å². The van der Waals surface area contributed by atoms with Gasteiger partial charge in [0.2, 0.25) is 0 Å². The molecule has 0 unspecified atom stereocenters. The van der Waals surface area contributed by atoms with Gasteiger partial charge >= 0.3 is 0 Å². The van der Waals surface area contributed by atoms with Crippen molar-refractivity contribution in [3.63, 3.8) is 0 Å². The van der Waals surface area contributed by atoms with E-state index in [0.29, 0.717) is 23.7 Å². The van der Waals surface area contributed by atoms with E-state index in [1.165, 1.54) is 0 Å². The average Bonchev–Trinajstić information content (AvgIpc) is 2.83. The van der Waals surface area contributed by atoms with Gasteiger partial charge in [-0.2, -0.15) is 0 Å². The van der Waals surface area contributed by atoms with Gasteiger partial charge in [-0.3, -0.25) is 4.79 Å². The largest absolute Gasteiger partial charge is 0.399 e. The number of nitrogens with zero attached hydrogens (tertiary/aromatic N) is 3. The van der Waals surface area contributed by atoms with E-state index in [1.54, 1.807) is 11.8 Å². The fraction of sp³-hybridized carbons (Fsp3) is 0.308. The minimum absolute atomic E-state index is 0.0215. The van der Waals surface area contributed by atoms with E-state index < -0.39 is 0 Å². The summed E-state index contributed by atoms with van der Waals surface area (Å²) in [6.45, 7) is 4.96. The molecular formula is C13H16N4OS. The van der Waals surface area contributed by atoms with Gasteiger partial charge in [-0.05, 0) is 43.1 Å². The number of nitrogens with two attached hydrogens (primary N) is 1. The van der Waals surface area contributed by atoms with Crippen LogP contribution in [0.5, 0.6) is 0 Å². The number of aryl methyl sites for hydroxylation is 1. The Balaban J connectivity index is 2.14. The number of anilines is 1. The average molecular weight is 276 g/mol. The topological polar surface area (TPSA) is 72.1 Å². The van der Waals surface area contributed by atoms with Gasteiger partial charge in [0.05, 0.1) is 5.69 Å². The van der Waals surface area contributed by atoms with Crippen LogP contribution in [0.15, 0.2) is 24.3 Å². The van der Waals surface area contributed by atoms with E-state index in [9.17, 15) is 4.79 Å². The summed E-state index contributed by atoms with van der Waals surface area (Å²) >= 11 is 1.14. The molecule has 0 saturated heterocycles. The maximum absolute atomic E-state index is 12.4. The maximum atomic E-state index is 12.4. The number of carbonyl (C=O) groups is 1. The second-order valence-electron chi connectivity index (χ2n) is 4.25. The molecule has 0 aliphatic carbocycles. The number of aromatic nitrogens is 2. The number of nitrogen functional groups attached to an aromatic ring is 1. The van der Waals surface area contributed by atoms with E-state index in [1.807, 2.05) is 31.2 Å². The lowest BCUT2D eigenvalue weighted by atomic mass is 10.2. The molecule has 1 aromatic heterocycles. The predicted molar refractivity (Wildman–Crippen MR) is 75.9 cm³/mol. The second kappa shape index (κ2) is 5.79. The monoisotopic (exact) mass is 276 g/mol. The van der Waals surface area contributed by atoms with Gasteiger partial charge in [-0.25, -0.2) is 0 Å². The number of amides is 1. The molecule has 0 fully saturated rings. The van der Waals surface area contributed by atoms with Crippen molar-refractivity contribution in [2.45, 2.75) is 20.4 Å². The third kappa shape index (κ3) is 3.08. The minimum atomic E-state index is -0.0215. The Kier molecular flexibility index (Phi) is 4.11. The van der Waals surface area contributed by atoms with Crippen LogP contribution in [-0.4, -0.2) is 26.9 Å². The first-order valence-corrected chi connectivity index (χ1v) is 6.81. The molecule has 100 valence electrons. The van der Waals surface area contributed by atoms with Crippen molar-refractivity contribution < 1.29 is 4.79 Å². The Labute approximate surface area is 116 Å². The molecule has 1 heterocycles.